The normalized spacial score (nSPS) is 16.5. The third-order valence-corrected chi connectivity index (χ3v) is 8.42. The summed E-state index contributed by atoms with van der Waals surface area (Å²) in [5.74, 6) is 0.0529. The second-order valence-corrected chi connectivity index (χ2v) is 11.3. The van der Waals surface area contributed by atoms with Crippen LogP contribution in [0, 0.1) is 0 Å². The molecule has 1 aliphatic rings. The third-order valence-electron chi connectivity index (χ3n) is 7.68. The minimum Gasteiger partial charge on any atom is -0.348 e. The molecule has 218 valence electrons. The van der Waals surface area contributed by atoms with Gasteiger partial charge in [0.15, 0.2) is 0 Å². The Morgan fingerprint density at radius 2 is 1.65 bits per heavy atom. The lowest BCUT2D eigenvalue weighted by Crippen LogP contribution is -2.38. The molecular formula is C31H28Cl2N8O2. The molecule has 2 heterocycles. The summed E-state index contributed by atoms with van der Waals surface area (Å²) in [4.78, 5) is 26.1. The highest BCUT2D eigenvalue weighted by molar-refractivity contribution is 6.42. The number of aromatic nitrogens is 6. The Hall–Kier alpha value is -4.54. The maximum atomic E-state index is 13.6. The van der Waals surface area contributed by atoms with Gasteiger partial charge in [0.05, 0.1) is 22.3 Å². The number of nitrogens with zero attached hydrogens (tertiary/aromatic N) is 5. The van der Waals surface area contributed by atoms with Crippen LogP contribution in [-0.2, 0) is 6.54 Å². The number of nitrogens with one attached hydrogen (secondary N) is 3. The van der Waals surface area contributed by atoms with Crippen LogP contribution < -0.4 is 10.6 Å². The zero-order chi connectivity index (χ0) is 29.8. The van der Waals surface area contributed by atoms with Crippen LogP contribution in [0.2, 0.25) is 10.0 Å². The summed E-state index contributed by atoms with van der Waals surface area (Å²) in [6.07, 6.45) is 3.86. The molecule has 0 atom stereocenters. The van der Waals surface area contributed by atoms with Gasteiger partial charge in [0.1, 0.15) is 5.69 Å². The topological polar surface area (TPSA) is 130 Å². The zero-order valence-electron chi connectivity index (χ0n) is 23.0. The monoisotopic (exact) mass is 614 g/mol. The molecule has 3 N–H and O–H groups in total. The van der Waals surface area contributed by atoms with Crippen LogP contribution in [0.5, 0.6) is 0 Å². The minimum absolute atomic E-state index is 0.0845. The fraction of sp³-hybridized carbons (Fsp3) is 0.226. The van der Waals surface area contributed by atoms with Gasteiger partial charge in [-0.15, -0.1) is 5.10 Å². The zero-order valence-corrected chi connectivity index (χ0v) is 24.5. The number of benzene rings is 3. The molecule has 0 aliphatic heterocycles. The smallest absolute Gasteiger partial charge is 0.270 e. The number of anilines is 1. The van der Waals surface area contributed by atoms with E-state index in [0.29, 0.717) is 39.5 Å². The molecule has 1 saturated carbocycles. The maximum absolute atomic E-state index is 13.6. The number of amides is 2. The summed E-state index contributed by atoms with van der Waals surface area (Å²) in [6.45, 7) is 0.317. The maximum Gasteiger partial charge on any atom is 0.270 e. The third kappa shape index (κ3) is 6.76. The van der Waals surface area contributed by atoms with Crippen molar-refractivity contribution in [3.63, 3.8) is 0 Å². The van der Waals surface area contributed by atoms with E-state index in [1.807, 2.05) is 24.3 Å². The van der Waals surface area contributed by atoms with Crippen LogP contribution in [0.1, 0.15) is 63.6 Å². The van der Waals surface area contributed by atoms with E-state index >= 15 is 0 Å². The number of hydrogen-bond acceptors (Lipinski definition) is 6. The Balaban J connectivity index is 1.19. The number of rotatable bonds is 8. The highest BCUT2D eigenvalue weighted by atomic mass is 35.5. The van der Waals surface area contributed by atoms with Crippen LogP contribution in [0.3, 0.4) is 0 Å². The molecule has 0 saturated heterocycles. The highest BCUT2D eigenvalue weighted by Crippen LogP contribution is 2.33. The molecule has 2 amide bonds. The van der Waals surface area contributed by atoms with E-state index in [1.165, 1.54) is 5.56 Å². The van der Waals surface area contributed by atoms with Gasteiger partial charge in [-0.3, -0.25) is 19.6 Å². The lowest BCUT2D eigenvalue weighted by Gasteiger charge is -2.29. The van der Waals surface area contributed by atoms with Gasteiger partial charge < -0.3 is 5.32 Å². The van der Waals surface area contributed by atoms with Gasteiger partial charge in [0.2, 0.25) is 0 Å². The molecule has 6 rings (SSSR count). The highest BCUT2D eigenvalue weighted by Gasteiger charge is 2.25. The van der Waals surface area contributed by atoms with Gasteiger partial charge in [0.25, 0.3) is 17.8 Å². The molecule has 5 aromatic rings. The number of tetrazole rings is 1. The first-order chi connectivity index (χ1) is 20.9. The average Bonchev–Trinajstić information content (AvgIpc) is 3.70. The summed E-state index contributed by atoms with van der Waals surface area (Å²) in [6, 6.07) is 24.7. The lowest BCUT2D eigenvalue weighted by molar-refractivity contribution is 0.0914. The predicted molar refractivity (Wildman–Crippen MR) is 164 cm³/mol. The number of hydrogen-bond donors (Lipinski definition) is 3. The Bertz CT molecular complexity index is 1710. The van der Waals surface area contributed by atoms with Crippen molar-refractivity contribution in [2.24, 2.45) is 0 Å². The van der Waals surface area contributed by atoms with Crippen LogP contribution in [0.25, 0.3) is 11.3 Å². The van der Waals surface area contributed by atoms with Crippen molar-refractivity contribution >= 4 is 41.0 Å². The van der Waals surface area contributed by atoms with Gasteiger partial charge in [-0.25, -0.2) is 0 Å². The number of carbonyl (C=O) groups is 2. The second-order valence-electron chi connectivity index (χ2n) is 10.5. The van der Waals surface area contributed by atoms with Crippen molar-refractivity contribution in [3.05, 3.63) is 111 Å². The minimum atomic E-state index is -0.365. The summed E-state index contributed by atoms with van der Waals surface area (Å²) in [5, 5.41) is 24.6. The lowest BCUT2D eigenvalue weighted by atomic mass is 9.82. The first kappa shape index (κ1) is 28.6. The molecule has 12 heteroatoms. The summed E-state index contributed by atoms with van der Waals surface area (Å²) in [7, 11) is 0. The molecule has 10 nitrogen and oxygen atoms in total. The van der Waals surface area contributed by atoms with E-state index in [4.69, 9.17) is 28.3 Å². The SMILES string of the molecule is O=C(Nc1nn[nH]n1)c1ccc(Cn2nc(-c3ccc(Cl)c(Cl)c3)cc2C(=O)NC2CCC(c3ccccc3)CC2)cc1. The number of carbonyl (C=O) groups excluding carboxylic acids is 2. The molecule has 0 spiro atoms. The van der Waals surface area contributed by atoms with E-state index < -0.39 is 0 Å². The van der Waals surface area contributed by atoms with Crippen molar-refractivity contribution in [1.29, 1.82) is 0 Å². The van der Waals surface area contributed by atoms with E-state index in [1.54, 1.807) is 35.0 Å². The number of halogens is 2. The first-order valence-corrected chi connectivity index (χ1v) is 14.7. The number of aromatic amines is 1. The van der Waals surface area contributed by atoms with Gasteiger partial charge in [-0.05, 0) is 78.3 Å². The van der Waals surface area contributed by atoms with Crippen molar-refractivity contribution in [2.75, 3.05) is 5.32 Å². The van der Waals surface area contributed by atoms with Gasteiger partial charge in [-0.1, -0.05) is 76.8 Å². The van der Waals surface area contributed by atoms with E-state index in [2.05, 4.69) is 55.5 Å². The van der Waals surface area contributed by atoms with E-state index in [0.717, 1.165) is 36.8 Å². The molecule has 3 aromatic carbocycles. The van der Waals surface area contributed by atoms with E-state index in [9.17, 15) is 9.59 Å². The quantitative estimate of drug-likeness (QED) is 0.193. The Kier molecular flexibility index (Phi) is 8.48. The Labute approximate surface area is 257 Å². The predicted octanol–water partition coefficient (Wildman–Crippen LogP) is 6.13. The molecule has 1 fully saturated rings. The van der Waals surface area contributed by atoms with Crippen LogP contribution >= 0.6 is 23.2 Å². The second kappa shape index (κ2) is 12.8. The molecule has 43 heavy (non-hydrogen) atoms. The molecule has 2 aromatic heterocycles. The van der Waals surface area contributed by atoms with E-state index in [-0.39, 0.29) is 23.8 Å². The van der Waals surface area contributed by atoms with Gasteiger partial charge >= 0.3 is 0 Å². The summed E-state index contributed by atoms with van der Waals surface area (Å²) < 4.78 is 1.68. The van der Waals surface area contributed by atoms with Crippen LogP contribution in [0.15, 0.2) is 78.9 Å². The summed E-state index contributed by atoms with van der Waals surface area (Å²) >= 11 is 12.4. The standard InChI is InChI=1S/C31H28Cl2N8O2/c32-25-15-12-23(16-26(25)33)27-17-28(30(43)34-24-13-10-21(11-14-24)20-4-2-1-3-5-20)41(38-27)18-19-6-8-22(9-7-19)29(42)35-31-36-39-40-37-31/h1-9,12,15-17,21,24H,10-11,13-14,18H2,(H,34,43)(H2,35,36,37,39,40,42). The van der Waals surface area contributed by atoms with Crippen LogP contribution in [-0.4, -0.2) is 48.3 Å². The molecule has 0 radical (unpaired) electrons. The Morgan fingerprint density at radius 3 is 2.35 bits per heavy atom. The van der Waals surface area contributed by atoms with Gasteiger partial charge in [0, 0.05) is 17.2 Å². The average molecular weight is 616 g/mol. The van der Waals surface area contributed by atoms with Crippen molar-refractivity contribution < 1.29 is 9.59 Å². The van der Waals surface area contributed by atoms with Gasteiger partial charge in [-0.2, -0.15) is 10.3 Å². The number of H-pyrrole nitrogens is 1. The van der Waals surface area contributed by atoms with Crippen LogP contribution in [0.4, 0.5) is 5.95 Å². The molecule has 0 unspecified atom stereocenters. The van der Waals surface area contributed by atoms with Crippen molar-refractivity contribution in [1.82, 2.24) is 35.7 Å². The first-order valence-electron chi connectivity index (χ1n) is 14.0. The van der Waals surface area contributed by atoms with Crippen molar-refractivity contribution in [2.45, 2.75) is 44.2 Å². The van der Waals surface area contributed by atoms with Crippen molar-refractivity contribution in [3.8, 4) is 11.3 Å². The largest absolute Gasteiger partial charge is 0.348 e. The fourth-order valence-electron chi connectivity index (χ4n) is 5.40. The fourth-order valence-corrected chi connectivity index (χ4v) is 5.69. The molecule has 1 aliphatic carbocycles. The molecule has 0 bridgehead atoms. The molecular weight excluding hydrogens is 587 g/mol. The Morgan fingerprint density at radius 1 is 0.884 bits per heavy atom. The summed E-state index contributed by atoms with van der Waals surface area (Å²) in [5.41, 5.74) is 4.43.